The highest BCUT2D eigenvalue weighted by molar-refractivity contribution is 5.89. The van der Waals surface area contributed by atoms with Gasteiger partial charge in [0.05, 0.1) is 24.1 Å². The summed E-state index contributed by atoms with van der Waals surface area (Å²) < 4.78 is 6.24. The third-order valence-corrected chi connectivity index (χ3v) is 2.35. The van der Waals surface area contributed by atoms with Crippen molar-refractivity contribution in [2.75, 3.05) is 6.61 Å². The maximum Gasteiger partial charge on any atom is 0.338 e. The van der Waals surface area contributed by atoms with Gasteiger partial charge in [-0.2, -0.15) is 0 Å². The molecule has 0 N–H and O–H groups in total. The maximum absolute atomic E-state index is 11.9. The predicted octanol–water partition coefficient (Wildman–Crippen LogP) is 1.41. The zero-order chi connectivity index (χ0) is 13.0. The molecule has 0 unspecified atom stereocenters. The average Bonchev–Trinajstić information content (AvgIpc) is 2.40. The van der Waals surface area contributed by atoms with Gasteiger partial charge in [0.1, 0.15) is 0 Å². The Hall–Kier alpha value is -2.43. The van der Waals surface area contributed by atoms with Crippen molar-refractivity contribution < 1.29 is 9.53 Å². The van der Waals surface area contributed by atoms with E-state index in [1.54, 1.807) is 37.5 Å². The number of nitrogens with zero attached hydrogens (tertiary/aromatic N) is 2. The van der Waals surface area contributed by atoms with Crippen LogP contribution in [-0.2, 0) is 4.74 Å². The quantitative estimate of drug-likeness (QED) is 0.766. The van der Waals surface area contributed by atoms with Crippen molar-refractivity contribution >= 4 is 5.97 Å². The Kier molecular flexibility index (Phi) is 3.52. The molecule has 0 aliphatic heterocycles. The fourth-order valence-corrected chi connectivity index (χ4v) is 1.53. The zero-order valence-corrected chi connectivity index (χ0v) is 9.87. The lowest BCUT2D eigenvalue weighted by molar-refractivity contribution is 0.0526. The highest BCUT2D eigenvalue weighted by Gasteiger charge is 2.08. The summed E-state index contributed by atoms with van der Waals surface area (Å²) in [6.07, 6.45) is 4.73. The summed E-state index contributed by atoms with van der Waals surface area (Å²) in [6, 6.07) is 6.30. The second-order valence-electron chi connectivity index (χ2n) is 3.56. The van der Waals surface area contributed by atoms with Crippen molar-refractivity contribution in [1.29, 1.82) is 0 Å². The van der Waals surface area contributed by atoms with Gasteiger partial charge in [0.15, 0.2) is 0 Å². The fourth-order valence-electron chi connectivity index (χ4n) is 1.53. The maximum atomic E-state index is 11.9. The number of pyridine rings is 2. The van der Waals surface area contributed by atoms with Crippen LogP contribution in [0.5, 0.6) is 0 Å². The van der Waals surface area contributed by atoms with E-state index in [1.807, 2.05) is 0 Å². The Balaban J connectivity index is 2.38. The standard InChI is InChI=1S/C13H12N2O3/c1-2-18-13(17)10-5-7-15(12(16)8-10)11-4-3-6-14-9-11/h3-9H,2H2,1H3. The summed E-state index contributed by atoms with van der Waals surface area (Å²) in [7, 11) is 0. The van der Waals surface area contributed by atoms with Crippen LogP contribution in [0.2, 0.25) is 0 Å². The Morgan fingerprint density at radius 2 is 2.28 bits per heavy atom. The van der Waals surface area contributed by atoms with E-state index in [9.17, 15) is 9.59 Å². The van der Waals surface area contributed by atoms with Crippen LogP contribution >= 0.6 is 0 Å². The van der Waals surface area contributed by atoms with Crippen LogP contribution < -0.4 is 5.56 Å². The minimum Gasteiger partial charge on any atom is -0.462 e. The summed E-state index contributed by atoms with van der Waals surface area (Å²) in [5.74, 6) is -0.493. The number of esters is 1. The van der Waals surface area contributed by atoms with Crippen molar-refractivity contribution in [2.24, 2.45) is 0 Å². The molecule has 18 heavy (non-hydrogen) atoms. The summed E-state index contributed by atoms with van der Waals surface area (Å²) in [6.45, 7) is 2.00. The lowest BCUT2D eigenvalue weighted by atomic mass is 10.2. The third kappa shape index (κ3) is 2.45. The van der Waals surface area contributed by atoms with Crippen LogP contribution in [0.1, 0.15) is 17.3 Å². The molecule has 0 atom stereocenters. The minimum absolute atomic E-state index is 0.252. The number of aromatic nitrogens is 2. The van der Waals surface area contributed by atoms with E-state index in [2.05, 4.69) is 4.98 Å². The van der Waals surface area contributed by atoms with Crippen LogP contribution in [0.4, 0.5) is 0 Å². The van der Waals surface area contributed by atoms with Crippen molar-refractivity contribution in [3.63, 3.8) is 0 Å². The first-order valence-electron chi connectivity index (χ1n) is 5.52. The molecule has 0 spiro atoms. The van der Waals surface area contributed by atoms with Gasteiger partial charge in [-0.25, -0.2) is 4.79 Å². The van der Waals surface area contributed by atoms with E-state index < -0.39 is 5.97 Å². The van der Waals surface area contributed by atoms with Crippen LogP contribution in [0.3, 0.4) is 0 Å². The first-order valence-corrected chi connectivity index (χ1v) is 5.52. The van der Waals surface area contributed by atoms with E-state index in [1.165, 1.54) is 16.8 Å². The van der Waals surface area contributed by atoms with E-state index in [4.69, 9.17) is 4.74 Å². The minimum atomic E-state index is -0.493. The van der Waals surface area contributed by atoms with Gasteiger partial charge in [0.25, 0.3) is 5.56 Å². The Morgan fingerprint density at radius 3 is 2.89 bits per heavy atom. The van der Waals surface area contributed by atoms with Crippen LogP contribution in [0.15, 0.2) is 47.7 Å². The largest absolute Gasteiger partial charge is 0.462 e. The molecule has 0 bridgehead atoms. The molecule has 0 aliphatic rings. The Morgan fingerprint density at radius 1 is 1.44 bits per heavy atom. The van der Waals surface area contributed by atoms with Crippen molar-refractivity contribution in [2.45, 2.75) is 6.92 Å². The third-order valence-electron chi connectivity index (χ3n) is 2.35. The topological polar surface area (TPSA) is 61.2 Å². The number of carbonyl (C=O) groups excluding carboxylic acids is 1. The first kappa shape index (κ1) is 12.0. The lowest BCUT2D eigenvalue weighted by Gasteiger charge is -2.06. The summed E-state index contributed by atoms with van der Waals surface area (Å²) in [5.41, 5.74) is 0.605. The number of carbonyl (C=O) groups is 1. The van der Waals surface area contributed by atoms with Gasteiger partial charge in [0, 0.05) is 18.5 Å². The van der Waals surface area contributed by atoms with Gasteiger partial charge in [-0.3, -0.25) is 14.3 Å². The van der Waals surface area contributed by atoms with Crippen molar-refractivity contribution in [1.82, 2.24) is 9.55 Å². The molecule has 0 saturated heterocycles. The Labute approximate surface area is 104 Å². The van der Waals surface area contributed by atoms with Gasteiger partial charge in [-0.1, -0.05) is 0 Å². The molecule has 92 valence electrons. The van der Waals surface area contributed by atoms with Crippen molar-refractivity contribution in [3.05, 3.63) is 58.8 Å². The van der Waals surface area contributed by atoms with E-state index in [0.29, 0.717) is 5.69 Å². The molecular weight excluding hydrogens is 232 g/mol. The summed E-state index contributed by atoms with van der Waals surface area (Å²) >= 11 is 0. The van der Waals surface area contributed by atoms with Crippen LogP contribution in [-0.4, -0.2) is 22.1 Å². The fraction of sp³-hybridized carbons (Fsp3) is 0.154. The molecule has 0 aliphatic carbocycles. The molecular formula is C13H12N2O3. The number of hydrogen-bond donors (Lipinski definition) is 0. The average molecular weight is 244 g/mol. The second kappa shape index (κ2) is 5.27. The second-order valence-corrected chi connectivity index (χ2v) is 3.56. The molecule has 2 rings (SSSR count). The molecule has 0 radical (unpaired) electrons. The smallest absolute Gasteiger partial charge is 0.338 e. The molecule has 5 heteroatoms. The molecule has 0 amide bonds. The Bertz CT molecular complexity index is 605. The zero-order valence-electron chi connectivity index (χ0n) is 9.87. The predicted molar refractivity (Wildman–Crippen MR) is 65.8 cm³/mol. The normalized spacial score (nSPS) is 10.1. The van der Waals surface area contributed by atoms with Crippen LogP contribution in [0, 0.1) is 0 Å². The van der Waals surface area contributed by atoms with Crippen molar-refractivity contribution in [3.8, 4) is 5.69 Å². The van der Waals surface area contributed by atoms with Gasteiger partial charge in [-0.05, 0) is 25.1 Å². The van der Waals surface area contributed by atoms with E-state index in [0.717, 1.165) is 0 Å². The summed E-state index contributed by atoms with van der Waals surface area (Å²) in [4.78, 5) is 27.3. The summed E-state index contributed by atoms with van der Waals surface area (Å²) in [5, 5.41) is 0. The monoisotopic (exact) mass is 244 g/mol. The van der Waals surface area contributed by atoms with E-state index >= 15 is 0 Å². The lowest BCUT2D eigenvalue weighted by Crippen LogP contribution is -2.19. The molecule has 2 heterocycles. The van der Waals surface area contributed by atoms with Crippen LogP contribution in [0.25, 0.3) is 5.69 Å². The first-order chi connectivity index (χ1) is 8.72. The number of hydrogen-bond acceptors (Lipinski definition) is 4. The molecule has 0 aromatic carbocycles. The molecule has 5 nitrogen and oxygen atoms in total. The SMILES string of the molecule is CCOC(=O)c1ccn(-c2cccnc2)c(=O)c1. The van der Waals surface area contributed by atoms with Gasteiger partial charge in [-0.15, -0.1) is 0 Å². The van der Waals surface area contributed by atoms with E-state index in [-0.39, 0.29) is 17.7 Å². The molecule has 0 fully saturated rings. The highest BCUT2D eigenvalue weighted by Crippen LogP contribution is 2.04. The van der Waals surface area contributed by atoms with Gasteiger partial charge >= 0.3 is 5.97 Å². The number of ether oxygens (including phenoxy) is 1. The highest BCUT2D eigenvalue weighted by atomic mass is 16.5. The molecule has 2 aromatic heterocycles. The molecule has 2 aromatic rings. The molecule has 0 saturated carbocycles. The van der Waals surface area contributed by atoms with Gasteiger partial charge in [0.2, 0.25) is 0 Å². The number of rotatable bonds is 3. The van der Waals surface area contributed by atoms with Gasteiger partial charge < -0.3 is 4.74 Å².